The molecular formula is C14H18N2O4. The highest BCUT2D eigenvalue weighted by Crippen LogP contribution is 2.25. The van der Waals surface area contributed by atoms with Gasteiger partial charge in [0.1, 0.15) is 5.75 Å². The van der Waals surface area contributed by atoms with Gasteiger partial charge in [0.15, 0.2) is 0 Å². The second-order valence-corrected chi connectivity index (χ2v) is 4.84. The van der Waals surface area contributed by atoms with Gasteiger partial charge < -0.3 is 20.5 Å². The van der Waals surface area contributed by atoms with E-state index in [1.807, 2.05) is 6.92 Å². The van der Waals surface area contributed by atoms with E-state index in [1.165, 1.54) is 19.2 Å². The molecule has 2 unspecified atom stereocenters. The van der Waals surface area contributed by atoms with Gasteiger partial charge in [0.05, 0.1) is 24.3 Å². The third kappa shape index (κ3) is 2.91. The average molecular weight is 278 g/mol. The Morgan fingerprint density at radius 2 is 2.20 bits per heavy atom. The molecule has 0 radical (unpaired) electrons. The first-order valence-corrected chi connectivity index (χ1v) is 6.48. The van der Waals surface area contributed by atoms with Crippen LogP contribution in [0, 0.1) is 5.92 Å². The van der Waals surface area contributed by atoms with Crippen LogP contribution in [0.15, 0.2) is 18.2 Å². The highest BCUT2D eigenvalue weighted by atomic mass is 16.5. The summed E-state index contributed by atoms with van der Waals surface area (Å²) in [6.45, 7) is 2.74. The lowest BCUT2D eigenvalue weighted by atomic mass is 10.0. The Balaban J connectivity index is 2.22. The monoisotopic (exact) mass is 278 g/mol. The van der Waals surface area contributed by atoms with Crippen molar-refractivity contribution in [3.8, 4) is 5.75 Å². The van der Waals surface area contributed by atoms with Gasteiger partial charge in [0.2, 0.25) is 5.91 Å². The van der Waals surface area contributed by atoms with Crippen molar-refractivity contribution in [1.82, 2.24) is 5.32 Å². The maximum atomic E-state index is 12.2. The molecule has 6 nitrogen and oxygen atoms in total. The molecule has 2 atom stereocenters. The molecule has 108 valence electrons. The Kier molecular flexibility index (Phi) is 4.24. The van der Waals surface area contributed by atoms with E-state index in [4.69, 9.17) is 9.84 Å². The SMILES string of the molecule is COc1ccc(C(=O)O)c(NC(=O)C2CCNC2C)c1. The van der Waals surface area contributed by atoms with Crippen molar-refractivity contribution in [2.75, 3.05) is 19.0 Å². The zero-order chi connectivity index (χ0) is 14.7. The molecule has 0 bridgehead atoms. The van der Waals surface area contributed by atoms with Crippen molar-refractivity contribution in [3.63, 3.8) is 0 Å². The number of hydrogen-bond donors (Lipinski definition) is 3. The number of rotatable bonds is 4. The maximum Gasteiger partial charge on any atom is 0.337 e. The fraction of sp³-hybridized carbons (Fsp3) is 0.429. The maximum absolute atomic E-state index is 12.2. The molecule has 1 fully saturated rings. The molecule has 1 amide bonds. The molecule has 0 saturated carbocycles. The lowest BCUT2D eigenvalue weighted by molar-refractivity contribution is -0.120. The Hall–Kier alpha value is -2.08. The number of carboxylic acid groups (broad SMARTS) is 1. The van der Waals surface area contributed by atoms with Gasteiger partial charge in [-0.2, -0.15) is 0 Å². The molecular weight excluding hydrogens is 260 g/mol. The van der Waals surface area contributed by atoms with E-state index in [0.29, 0.717) is 5.75 Å². The summed E-state index contributed by atoms with van der Waals surface area (Å²) in [6, 6.07) is 4.59. The minimum atomic E-state index is -1.08. The van der Waals surface area contributed by atoms with Crippen LogP contribution in [-0.4, -0.2) is 36.7 Å². The van der Waals surface area contributed by atoms with Crippen molar-refractivity contribution in [1.29, 1.82) is 0 Å². The Bertz CT molecular complexity index is 530. The van der Waals surface area contributed by atoms with Gasteiger partial charge in [-0.3, -0.25) is 4.79 Å². The molecule has 0 aliphatic carbocycles. The van der Waals surface area contributed by atoms with Gasteiger partial charge >= 0.3 is 5.97 Å². The number of ether oxygens (including phenoxy) is 1. The molecule has 1 aliphatic heterocycles. The van der Waals surface area contributed by atoms with Crippen LogP contribution in [0.3, 0.4) is 0 Å². The number of carbonyl (C=O) groups excluding carboxylic acids is 1. The number of methoxy groups -OCH3 is 1. The van der Waals surface area contributed by atoms with Crippen LogP contribution in [0.5, 0.6) is 5.75 Å². The molecule has 0 spiro atoms. The third-order valence-corrected chi connectivity index (χ3v) is 3.58. The van der Waals surface area contributed by atoms with E-state index in [-0.39, 0.29) is 29.1 Å². The minimum Gasteiger partial charge on any atom is -0.497 e. The molecule has 2 rings (SSSR count). The number of nitrogens with one attached hydrogen (secondary N) is 2. The number of carboxylic acids is 1. The molecule has 3 N–H and O–H groups in total. The van der Waals surface area contributed by atoms with Crippen molar-refractivity contribution < 1.29 is 19.4 Å². The topological polar surface area (TPSA) is 87.7 Å². The van der Waals surface area contributed by atoms with Gasteiger partial charge in [-0.15, -0.1) is 0 Å². The molecule has 0 aromatic heterocycles. The first-order valence-electron chi connectivity index (χ1n) is 6.48. The summed E-state index contributed by atoms with van der Waals surface area (Å²) in [4.78, 5) is 23.4. The van der Waals surface area contributed by atoms with Crippen LogP contribution in [0.25, 0.3) is 0 Å². The van der Waals surface area contributed by atoms with E-state index < -0.39 is 5.97 Å². The van der Waals surface area contributed by atoms with E-state index in [9.17, 15) is 9.59 Å². The van der Waals surface area contributed by atoms with Gasteiger partial charge in [0, 0.05) is 12.1 Å². The summed E-state index contributed by atoms with van der Waals surface area (Å²) in [5, 5.41) is 15.0. The number of anilines is 1. The van der Waals surface area contributed by atoms with Gasteiger partial charge in [-0.25, -0.2) is 4.79 Å². The van der Waals surface area contributed by atoms with Crippen LogP contribution in [0.4, 0.5) is 5.69 Å². The molecule has 6 heteroatoms. The van der Waals surface area contributed by atoms with E-state index in [1.54, 1.807) is 6.07 Å². The molecule has 1 aromatic carbocycles. The van der Waals surface area contributed by atoms with Gasteiger partial charge in [0.25, 0.3) is 0 Å². The number of aromatic carboxylic acids is 1. The van der Waals surface area contributed by atoms with Crippen LogP contribution in [-0.2, 0) is 4.79 Å². The molecule has 1 aromatic rings. The fourth-order valence-corrected chi connectivity index (χ4v) is 2.38. The standard InChI is InChI=1S/C14H18N2O4/c1-8-10(5-6-15-8)13(17)16-12-7-9(20-2)3-4-11(12)14(18)19/h3-4,7-8,10,15H,5-6H2,1-2H3,(H,16,17)(H,18,19). The molecule has 20 heavy (non-hydrogen) atoms. The quantitative estimate of drug-likeness (QED) is 0.773. The summed E-state index contributed by atoms with van der Waals surface area (Å²) in [5.41, 5.74) is 0.318. The average Bonchev–Trinajstić information content (AvgIpc) is 2.84. The number of carbonyl (C=O) groups is 2. The molecule has 1 aliphatic rings. The number of benzene rings is 1. The summed E-state index contributed by atoms with van der Waals surface area (Å²) in [6.07, 6.45) is 0.749. The number of amides is 1. The van der Waals surface area contributed by atoms with Gasteiger partial charge in [-0.1, -0.05) is 0 Å². The van der Waals surface area contributed by atoms with Crippen LogP contribution in [0.1, 0.15) is 23.7 Å². The normalized spacial score (nSPS) is 21.5. The highest BCUT2D eigenvalue weighted by Gasteiger charge is 2.30. The zero-order valence-electron chi connectivity index (χ0n) is 11.5. The summed E-state index contributed by atoms with van der Waals surface area (Å²) in [7, 11) is 1.49. The lowest BCUT2D eigenvalue weighted by Crippen LogP contribution is -2.32. The zero-order valence-corrected chi connectivity index (χ0v) is 11.5. The minimum absolute atomic E-state index is 0.0535. The molecule has 1 heterocycles. The molecule has 1 saturated heterocycles. The summed E-state index contributed by atoms with van der Waals surface area (Å²) < 4.78 is 5.06. The first kappa shape index (κ1) is 14.3. The van der Waals surface area contributed by atoms with E-state index in [0.717, 1.165) is 13.0 Å². The predicted octanol–water partition coefficient (Wildman–Crippen LogP) is 1.33. The fourth-order valence-electron chi connectivity index (χ4n) is 2.38. The van der Waals surface area contributed by atoms with Crippen molar-refractivity contribution in [2.24, 2.45) is 5.92 Å². The lowest BCUT2D eigenvalue weighted by Gasteiger charge is -2.16. The van der Waals surface area contributed by atoms with Crippen LogP contribution in [0.2, 0.25) is 0 Å². The van der Waals surface area contributed by atoms with E-state index >= 15 is 0 Å². The Labute approximate surface area is 117 Å². The van der Waals surface area contributed by atoms with E-state index in [2.05, 4.69) is 10.6 Å². The largest absolute Gasteiger partial charge is 0.497 e. The van der Waals surface area contributed by atoms with Gasteiger partial charge in [-0.05, 0) is 32.0 Å². The summed E-state index contributed by atoms with van der Waals surface area (Å²) >= 11 is 0. The highest BCUT2D eigenvalue weighted by molar-refractivity contribution is 6.01. The second-order valence-electron chi connectivity index (χ2n) is 4.84. The van der Waals surface area contributed by atoms with Crippen molar-refractivity contribution in [2.45, 2.75) is 19.4 Å². The van der Waals surface area contributed by atoms with Crippen molar-refractivity contribution in [3.05, 3.63) is 23.8 Å². The smallest absolute Gasteiger partial charge is 0.337 e. The number of hydrogen-bond acceptors (Lipinski definition) is 4. The Morgan fingerprint density at radius 3 is 2.75 bits per heavy atom. The Morgan fingerprint density at radius 1 is 1.45 bits per heavy atom. The van der Waals surface area contributed by atoms with Crippen LogP contribution < -0.4 is 15.4 Å². The first-order chi connectivity index (χ1) is 9.52. The van der Waals surface area contributed by atoms with Crippen molar-refractivity contribution >= 4 is 17.6 Å². The predicted molar refractivity (Wildman–Crippen MR) is 74.2 cm³/mol. The summed E-state index contributed by atoms with van der Waals surface area (Å²) in [5.74, 6) is -0.899. The van der Waals surface area contributed by atoms with Crippen LogP contribution >= 0.6 is 0 Å². The second kappa shape index (κ2) is 5.92. The third-order valence-electron chi connectivity index (χ3n) is 3.58.